The molecule has 0 bridgehead atoms. The number of benzene rings is 2. The zero-order valence-corrected chi connectivity index (χ0v) is 17.3. The molecular formula is C23H23ClN2O3. The van der Waals surface area contributed by atoms with Gasteiger partial charge in [0.25, 0.3) is 11.8 Å². The minimum atomic E-state index is -0.275. The average molecular weight is 411 g/mol. The number of halogens is 1. The number of morpholine rings is 1. The van der Waals surface area contributed by atoms with Crippen LogP contribution in [0.25, 0.3) is 5.57 Å². The minimum absolute atomic E-state index is 0.152. The van der Waals surface area contributed by atoms with E-state index in [-0.39, 0.29) is 18.4 Å². The van der Waals surface area contributed by atoms with Crippen LogP contribution in [0.3, 0.4) is 0 Å². The van der Waals surface area contributed by atoms with Crippen LogP contribution in [0.15, 0.2) is 48.2 Å². The predicted molar refractivity (Wildman–Crippen MR) is 112 cm³/mol. The number of carbonyl (C=O) groups is 2. The predicted octanol–water partition coefficient (Wildman–Crippen LogP) is 3.57. The fraction of sp³-hybridized carbons (Fsp3) is 0.304. The fourth-order valence-corrected chi connectivity index (χ4v) is 4.12. The monoisotopic (exact) mass is 410 g/mol. The van der Waals surface area contributed by atoms with E-state index < -0.39 is 0 Å². The molecule has 5 nitrogen and oxygen atoms in total. The lowest BCUT2D eigenvalue weighted by atomic mass is 9.97. The summed E-state index contributed by atoms with van der Waals surface area (Å²) in [6, 6.07) is 13.2. The maximum absolute atomic E-state index is 13.5. The maximum Gasteiger partial charge on any atom is 0.278 e. The third-order valence-electron chi connectivity index (χ3n) is 5.41. The van der Waals surface area contributed by atoms with E-state index in [9.17, 15) is 9.59 Å². The summed E-state index contributed by atoms with van der Waals surface area (Å²) in [6.07, 6.45) is 0. The lowest BCUT2D eigenvalue weighted by Crippen LogP contribution is -2.40. The number of amides is 2. The van der Waals surface area contributed by atoms with Crippen molar-refractivity contribution in [2.24, 2.45) is 0 Å². The first-order chi connectivity index (χ1) is 14.0. The lowest BCUT2D eigenvalue weighted by molar-refractivity contribution is -0.138. The zero-order chi connectivity index (χ0) is 20.5. The van der Waals surface area contributed by atoms with Crippen LogP contribution in [0, 0.1) is 13.8 Å². The second-order valence-electron chi connectivity index (χ2n) is 7.43. The summed E-state index contributed by atoms with van der Waals surface area (Å²) >= 11 is 6.29. The molecule has 2 aromatic carbocycles. The molecule has 0 atom stereocenters. The molecule has 0 radical (unpaired) electrons. The first-order valence-corrected chi connectivity index (χ1v) is 10.1. The number of ether oxygens (including phenoxy) is 1. The summed E-state index contributed by atoms with van der Waals surface area (Å²) in [5.74, 6) is -0.546. The van der Waals surface area contributed by atoms with Crippen molar-refractivity contribution < 1.29 is 14.3 Å². The highest BCUT2D eigenvalue weighted by molar-refractivity contribution is 6.36. The van der Waals surface area contributed by atoms with Crippen molar-refractivity contribution >= 4 is 29.0 Å². The van der Waals surface area contributed by atoms with E-state index in [0.717, 1.165) is 22.3 Å². The molecule has 150 valence electrons. The van der Waals surface area contributed by atoms with E-state index >= 15 is 0 Å². The number of rotatable bonds is 4. The Morgan fingerprint density at radius 2 is 1.72 bits per heavy atom. The number of hydrogen-bond acceptors (Lipinski definition) is 4. The SMILES string of the molecule is Cc1ccc(C2=C(N3CCOCC3)C(=O)N(Cc3ccccc3Cl)C2=O)c(C)c1. The molecule has 0 saturated carbocycles. The van der Waals surface area contributed by atoms with Crippen molar-refractivity contribution in [2.45, 2.75) is 20.4 Å². The molecule has 29 heavy (non-hydrogen) atoms. The van der Waals surface area contributed by atoms with E-state index in [1.165, 1.54) is 4.90 Å². The van der Waals surface area contributed by atoms with Gasteiger partial charge in [-0.15, -0.1) is 0 Å². The summed E-state index contributed by atoms with van der Waals surface area (Å²) in [4.78, 5) is 30.2. The highest BCUT2D eigenvalue weighted by atomic mass is 35.5. The molecule has 2 aliphatic heterocycles. The highest BCUT2D eigenvalue weighted by Gasteiger charge is 2.42. The minimum Gasteiger partial charge on any atom is -0.378 e. The molecule has 0 unspecified atom stereocenters. The van der Waals surface area contributed by atoms with Crippen molar-refractivity contribution in [3.8, 4) is 0 Å². The molecule has 0 aromatic heterocycles. The Morgan fingerprint density at radius 3 is 2.41 bits per heavy atom. The third kappa shape index (κ3) is 3.68. The lowest BCUT2D eigenvalue weighted by Gasteiger charge is -2.29. The Balaban J connectivity index is 1.78. The van der Waals surface area contributed by atoms with Gasteiger partial charge in [0, 0.05) is 18.1 Å². The Morgan fingerprint density at radius 1 is 1.00 bits per heavy atom. The molecule has 0 aliphatic carbocycles. The van der Waals surface area contributed by atoms with Gasteiger partial charge in [0.05, 0.1) is 25.3 Å². The van der Waals surface area contributed by atoms with E-state index in [1.54, 1.807) is 6.07 Å². The molecule has 6 heteroatoms. The van der Waals surface area contributed by atoms with Gasteiger partial charge in [0.15, 0.2) is 0 Å². The van der Waals surface area contributed by atoms with Gasteiger partial charge in [-0.1, -0.05) is 53.6 Å². The van der Waals surface area contributed by atoms with E-state index in [4.69, 9.17) is 16.3 Å². The first kappa shape index (κ1) is 19.7. The van der Waals surface area contributed by atoms with Gasteiger partial charge in [0.1, 0.15) is 5.70 Å². The van der Waals surface area contributed by atoms with E-state index in [1.807, 2.05) is 55.1 Å². The topological polar surface area (TPSA) is 49.9 Å². The summed E-state index contributed by atoms with van der Waals surface area (Å²) in [6.45, 7) is 6.39. The Kier molecular flexibility index (Phi) is 5.43. The number of imide groups is 1. The zero-order valence-electron chi connectivity index (χ0n) is 16.6. The van der Waals surface area contributed by atoms with Crippen molar-refractivity contribution in [1.29, 1.82) is 0 Å². The van der Waals surface area contributed by atoms with Crippen LogP contribution in [-0.4, -0.2) is 47.9 Å². The molecule has 0 spiro atoms. The largest absolute Gasteiger partial charge is 0.378 e. The summed E-state index contributed by atoms with van der Waals surface area (Å²) in [5, 5.41) is 0.543. The third-order valence-corrected chi connectivity index (χ3v) is 5.78. The van der Waals surface area contributed by atoms with Crippen LogP contribution in [-0.2, 0) is 20.9 Å². The Labute approximate surface area is 175 Å². The van der Waals surface area contributed by atoms with Crippen LogP contribution in [0.2, 0.25) is 5.02 Å². The van der Waals surface area contributed by atoms with E-state index in [0.29, 0.717) is 42.6 Å². The van der Waals surface area contributed by atoms with Crippen LogP contribution < -0.4 is 0 Å². The number of aryl methyl sites for hydroxylation is 2. The second-order valence-corrected chi connectivity index (χ2v) is 7.84. The molecule has 2 amide bonds. The van der Waals surface area contributed by atoms with E-state index in [2.05, 4.69) is 0 Å². The number of nitrogens with zero attached hydrogens (tertiary/aromatic N) is 2. The molecule has 2 aliphatic rings. The van der Waals surface area contributed by atoms with Crippen molar-refractivity contribution in [3.63, 3.8) is 0 Å². The summed E-state index contributed by atoms with van der Waals surface area (Å²) in [5.41, 5.74) is 4.59. The molecule has 2 heterocycles. The van der Waals surface area contributed by atoms with Crippen molar-refractivity contribution in [2.75, 3.05) is 26.3 Å². The number of hydrogen-bond donors (Lipinski definition) is 0. The standard InChI is InChI=1S/C23H23ClN2O3/c1-15-7-8-18(16(2)13-15)20-21(25-9-11-29-12-10-25)23(28)26(22(20)27)14-17-5-3-4-6-19(17)24/h3-8,13H,9-12,14H2,1-2H3. The maximum atomic E-state index is 13.5. The molecule has 2 aromatic rings. The van der Waals surface area contributed by atoms with Crippen molar-refractivity contribution in [3.05, 3.63) is 75.4 Å². The molecular weight excluding hydrogens is 388 g/mol. The Hall–Kier alpha value is -2.63. The summed E-state index contributed by atoms with van der Waals surface area (Å²) in [7, 11) is 0. The molecule has 1 saturated heterocycles. The van der Waals surface area contributed by atoms with Gasteiger partial charge in [0.2, 0.25) is 0 Å². The van der Waals surface area contributed by atoms with Gasteiger partial charge in [-0.2, -0.15) is 0 Å². The summed E-state index contributed by atoms with van der Waals surface area (Å²) < 4.78 is 5.45. The van der Waals surface area contributed by atoms with Crippen LogP contribution >= 0.6 is 11.6 Å². The molecule has 1 fully saturated rings. The average Bonchev–Trinajstić information content (AvgIpc) is 2.95. The normalized spacial score (nSPS) is 17.5. The Bertz CT molecular complexity index is 1010. The first-order valence-electron chi connectivity index (χ1n) is 9.71. The van der Waals surface area contributed by atoms with Gasteiger partial charge < -0.3 is 9.64 Å². The van der Waals surface area contributed by atoms with Gasteiger partial charge >= 0.3 is 0 Å². The van der Waals surface area contributed by atoms with Crippen LogP contribution in [0.4, 0.5) is 0 Å². The van der Waals surface area contributed by atoms with Gasteiger partial charge in [-0.05, 0) is 36.6 Å². The second kappa shape index (κ2) is 8.01. The van der Waals surface area contributed by atoms with Crippen LogP contribution in [0.1, 0.15) is 22.3 Å². The fourth-order valence-electron chi connectivity index (χ4n) is 3.92. The smallest absolute Gasteiger partial charge is 0.278 e. The molecule has 0 N–H and O–H groups in total. The van der Waals surface area contributed by atoms with Gasteiger partial charge in [-0.3, -0.25) is 14.5 Å². The molecule has 4 rings (SSSR count). The van der Waals surface area contributed by atoms with Crippen molar-refractivity contribution in [1.82, 2.24) is 9.80 Å². The van der Waals surface area contributed by atoms with Crippen LogP contribution in [0.5, 0.6) is 0 Å². The number of carbonyl (C=O) groups excluding carboxylic acids is 2. The highest BCUT2D eigenvalue weighted by Crippen LogP contribution is 2.35. The quantitative estimate of drug-likeness (QED) is 0.723. The van der Waals surface area contributed by atoms with Gasteiger partial charge in [-0.25, -0.2) is 0 Å².